The fraction of sp³-hybridized carbons (Fsp3) is 0.190. The van der Waals surface area contributed by atoms with Crippen LogP contribution in [0.5, 0.6) is 0 Å². The predicted molar refractivity (Wildman–Crippen MR) is 113 cm³/mol. The van der Waals surface area contributed by atoms with Crippen LogP contribution in [0.15, 0.2) is 54.9 Å². The van der Waals surface area contributed by atoms with Crippen LogP contribution < -0.4 is 5.32 Å². The molecule has 3 heterocycles. The monoisotopic (exact) mass is 457 g/mol. The van der Waals surface area contributed by atoms with Gasteiger partial charge in [0.05, 0.1) is 11.8 Å². The van der Waals surface area contributed by atoms with Crippen LogP contribution in [0.3, 0.4) is 0 Å². The number of anilines is 1. The smallest absolute Gasteiger partial charge is 0.332 e. The summed E-state index contributed by atoms with van der Waals surface area (Å²) in [6.45, 7) is -1.45. The van der Waals surface area contributed by atoms with Crippen LogP contribution in [-0.2, 0) is 7.05 Å². The average Bonchev–Trinajstić information content (AvgIpc) is 3.35. The summed E-state index contributed by atoms with van der Waals surface area (Å²) in [4.78, 5) is 30.3. The summed E-state index contributed by atoms with van der Waals surface area (Å²) < 4.78 is 40.7. The standard InChI is InChI=1S/C21H18F3N7O2/c1-29(12-21(22,23)24)20(33)15-11-25-30(2)17(15)19(32)26-14-8-9-31-16(10-14)27-18(28-31)13-6-4-3-5-7-13/h3-11H,12H2,1-2H3,(H,26,32). The summed E-state index contributed by atoms with van der Waals surface area (Å²) in [6.07, 6.45) is -1.89. The van der Waals surface area contributed by atoms with Gasteiger partial charge in [-0.25, -0.2) is 9.50 Å². The lowest BCUT2D eigenvalue weighted by Crippen LogP contribution is -2.36. The number of aryl methyl sites for hydroxylation is 1. The van der Waals surface area contributed by atoms with Crippen LogP contribution in [0.4, 0.5) is 18.9 Å². The largest absolute Gasteiger partial charge is 0.406 e. The highest BCUT2D eigenvalue weighted by molar-refractivity contribution is 6.11. The zero-order chi connectivity index (χ0) is 23.8. The number of hydrogen-bond acceptors (Lipinski definition) is 5. The van der Waals surface area contributed by atoms with Gasteiger partial charge >= 0.3 is 6.18 Å². The second-order valence-electron chi connectivity index (χ2n) is 7.28. The summed E-state index contributed by atoms with van der Waals surface area (Å²) in [5.41, 5.74) is 1.26. The van der Waals surface area contributed by atoms with Crippen LogP contribution in [-0.4, -0.2) is 60.9 Å². The molecule has 0 aliphatic carbocycles. The summed E-state index contributed by atoms with van der Waals surface area (Å²) in [5, 5.41) is 10.9. The van der Waals surface area contributed by atoms with E-state index in [2.05, 4.69) is 20.5 Å². The number of halogens is 3. The van der Waals surface area contributed by atoms with Gasteiger partial charge in [-0.3, -0.25) is 14.3 Å². The van der Waals surface area contributed by atoms with Crippen molar-refractivity contribution in [3.05, 3.63) is 66.1 Å². The highest BCUT2D eigenvalue weighted by atomic mass is 19.4. The molecule has 0 fully saturated rings. The van der Waals surface area contributed by atoms with E-state index < -0.39 is 24.5 Å². The zero-order valence-electron chi connectivity index (χ0n) is 17.5. The van der Waals surface area contributed by atoms with Crippen LogP contribution in [0.1, 0.15) is 20.8 Å². The van der Waals surface area contributed by atoms with Gasteiger partial charge < -0.3 is 10.2 Å². The molecule has 0 saturated heterocycles. The molecule has 0 aliphatic rings. The Labute approximate surface area is 185 Å². The van der Waals surface area contributed by atoms with E-state index in [4.69, 9.17) is 0 Å². The van der Waals surface area contributed by atoms with Crippen molar-refractivity contribution in [1.82, 2.24) is 29.3 Å². The normalized spacial score (nSPS) is 11.5. The second-order valence-corrected chi connectivity index (χ2v) is 7.28. The molecular formula is C21H18F3N7O2. The number of fused-ring (bicyclic) bond motifs is 1. The summed E-state index contributed by atoms with van der Waals surface area (Å²) in [6, 6.07) is 12.5. The van der Waals surface area contributed by atoms with Gasteiger partial charge in [-0.05, 0) is 6.07 Å². The van der Waals surface area contributed by atoms with E-state index in [1.165, 1.54) is 7.05 Å². The molecule has 12 heteroatoms. The third kappa shape index (κ3) is 4.68. The van der Waals surface area contributed by atoms with Crippen LogP contribution in [0, 0.1) is 0 Å². The highest BCUT2D eigenvalue weighted by Crippen LogP contribution is 2.21. The highest BCUT2D eigenvalue weighted by Gasteiger charge is 2.33. The number of alkyl halides is 3. The first-order chi connectivity index (χ1) is 15.6. The Morgan fingerprint density at radius 1 is 1.15 bits per heavy atom. The van der Waals surface area contributed by atoms with Crippen molar-refractivity contribution >= 4 is 23.1 Å². The Hall–Kier alpha value is -4.22. The average molecular weight is 457 g/mol. The van der Waals surface area contributed by atoms with E-state index in [1.807, 2.05) is 30.3 Å². The Morgan fingerprint density at radius 2 is 1.88 bits per heavy atom. The summed E-state index contributed by atoms with van der Waals surface area (Å²) >= 11 is 0. The number of hydrogen-bond donors (Lipinski definition) is 1. The number of carbonyl (C=O) groups is 2. The van der Waals surface area contributed by atoms with Crippen molar-refractivity contribution in [3.8, 4) is 11.4 Å². The number of nitrogens with zero attached hydrogens (tertiary/aromatic N) is 6. The van der Waals surface area contributed by atoms with Gasteiger partial charge in [-0.2, -0.15) is 18.3 Å². The van der Waals surface area contributed by atoms with Crippen molar-refractivity contribution in [2.24, 2.45) is 7.05 Å². The minimum Gasteiger partial charge on any atom is -0.332 e. The molecule has 0 aliphatic heterocycles. The molecule has 0 radical (unpaired) electrons. The summed E-state index contributed by atoms with van der Waals surface area (Å²) in [5.74, 6) is -1.16. The third-order valence-corrected chi connectivity index (χ3v) is 4.77. The molecule has 0 spiro atoms. The van der Waals surface area contributed by atoms with Gasteiger partial charge in [0, 0.05) is 37.6 Å². The van der Waals surface area contributed by atoms with E-state index in [-0.39, 0.29) is 11.3 Å². The van der Waals surface area contributed by atoms with E-state index in [1.54, 1.807) is 22.8 Å². The number of rotatable bonds is 5. The van der Waals surface area contributed by atoms with Crippen molar-refractivity contribution in [2.45, 2.75) is 6.18 Å². The summed E-state index contributed by atoms with van der Waals surface area (Å²) in [7, 11) is 2.43. The van der Waals surface area contributed by atoms with Crippen molar-refractivity contribution < 1.29 is 22.8 Å². The Morgan fingerprint density at radius 3 is 2.58 bits per heavy atom. The molecule has 170 valence electrons. The number of amides is 2. The maximum absolute atomic E-state index is 12.9. The van der Waals surface area contributed by atoms with Gasteiger partial charge in [0.1, 0.15) is 12.2 Å². The minimum atomic E-state index is -4.57. The van der Waals surface area contributed by atoms with Gasteiger partial charge in [-0.1, -0.05) is 30.3 Å². The molecular weight excluding hydrogens is 439 g/mol. The van der Waals surface area contributed by atoms with Crippen LogP contribution in [0.25, 0.3) is 17.0 Å². The van der Waals surface area contributed by atoms with Crippen molar-refractivity contribution in [2.75, 3.05) is 18.9 Å². The quantitative estimate of drug-likeness (QED) is 0.497. The van der Waals surface area contributed by atoms with Crippen LogP contribution >= 0.6 is 0 Å². The first kappa shape index (κ1) is 22.0. The Bertz CT molecular complexity index is 1330. The molecule has 1 N–H and O–H groups in total. The number of aromatic nitrogens is 5. The van der Waals surface area contributed by atoms with Gasteiger partial charge in [-0.15, -0.1) is 5.10 Å². The molecule has 2 amide bonds. The fourth-order valence-corrected chi connectivity index (χ4v) is 3.27. The van der Waals surface area contributed by atoms with Crippen molar-refractivity contribution in [3.63, 3.8) is 0 Å². The van der Waals surface area contributed by atoms with E-state index in [9.17, 15) is 22.8 Å². The first-order valence-electron chi connectivity index (χ1n) is 9.70. The molecule has 0 unspecified atom stereocenters. The lowest BCUT2D eigenvalue weighted by Gasteiger charge is -2.19. The van der Waals surface area contributed by atoms with E-state index in [0.29, 0.717) is 22.1 Å². The molecule has 1 aromatic carbocycles. The molecule has 3 aromatic heterocycles. The topological polar surface area (TPSA) is 97.4 Å². The molecule has 33 heavy (non-hydrogen) atoms. The molecule has 4 rings (SSSR count). The lowest BCUT2D eigenvalue weighted by atomic mass is 10.2. The number of benzene rings is 1. The maximum atomic E-state index is 12.9. The number of carbonyl (C=O) groups excluding carboxylic acids is 2. The Kier molecular flexibility index (Phi) is 5.58. The first-order valence-corrected chi connectivity index (χ1v) is 9.70. The number of nitrogens with one attached hydrogen (secondary N) is 1. The zero-order valence-corrected chi connectivity index (χ0v) is 17.5. The molecule has 0 bridgehead atoms. The molecule has 0 saturated carbocycles. The predicted octanol–water partition coefficient (Wildman–Crippen LogP) is 3.02. The maximum Gasteiger partial charge on any atom is 0.406 e. The second kappa shape index (κ2) is 8.37. The number of pyridine rings is 1. The van der Waals surface area contributed by atoms with Gasteiger partial charge in [0.25, 0.3) is 11.8 Å². The minimum absolute atomic E-state index is 0.166. The Balaban J connectivity index is 1.57. The van der Waals surface area contributed by atoms with E-state index in [0.717, 1.165) is 23.5 Å². The van der Waals surface area contributed by atoms with Gasteiger partial charge in [0.2, 0.25) is 0 Å². The molecule has 4 aromatic rings. The SMILES string of the molecule is CN(CC(F)(F)F)C(=O)c1cnn(C)c1C(=O)Nc1ccn2nc(-c3ccccc3)nc2c1. The van der Waals surface area contributed by atoms with E-state index >= 15 is 0 Å². The van der Waals surface area contributed by atoms with Crippen LogP contribution in [0.2, 0.25) is 0 Å². The van der Waals surface area contributed by atoms with Gasteiger partial charge in [0.15, 0.2) is 11.5 Å². The third-order valence-electron chi connectivity index (χ3n) is 4.77. The molecule has 9 nitrogen and oxygen atoms in total. The molecule has 0 atom stereocenters. The van der Waals surface area contributed by atoms with Crippen molar-refractivity contribution in [1.29, 1.82) is 0 Å². The fourth-order valence-electron chi connectivity index (χ4n) is 3.27. The lowest BCUT2D eigenvalue weighted by molar-refractivity contribution is -0.138.